The summed E-state index contributed by atoms with van der Waals surface area (Å²) in [7, 11) is 3.89. The van der Waals surface area contributed by atoms with Crippen molar-refractivity contribution >= 4 is 17.3 Å². The second-order valence-corrected chi connectivity index (χ2v) is 5.80. The summed E-state index contributed by atoms with van der Waals surface area (Å²) in [4.78, 5) is 18.8. The number of carbonyl (C=O) groups excluding carboxylic acids is 1. The van der Waals surface area contributed by atoms with Crippen LogP contribution >= 0.6 is 0 Å². The Labute approximate surface area is 127 Å². The number of nitrogens with zero attached hydrogens (tertiary/aromatic N) is 3. The average molecular weight is 290 g/mol. The van der Waals surface area contributed by atoms with E-state index in [4.69, 9.17) is 5.73 Å². The number of amides is 1. The molecule has 0 spiro atoms. The fourth-order valence-electron chi connectivity index (χ4n) is 2.77. The number of rotatable bonds is 4. The zero-order valence-corrected chi connectivity index (χ0v) is 13.3. The molecule has 21 heavy (non-hydrogen) atoms. The van der Waals surface area contributed by atoms with Crippen LogP contribution in [0.3, 0.4) is 0 Å². The lowest BCUT2D eigenvalue weighted by Gasteiger charge is -2.34. The molecule has 1 saturated heterocycles. The number of hydrogen-bond donors (Lipinski definition) is 1. The fraction of sp³-hybridized carbons (Fsp3) is 0.562. The number of nitrogen functional groups attached to an aromatic ring is 1. The molecule has 2 rings (SSSR count). The first-order valence-electron chi connectivity index (χ1n) is 7.61. The van der Waals surface area contributed by atoms with Crippen molar-refractivity contribution < 1.29 is 4.79 Å². The number of hydrogen-bond acceptors (Lipinski definition) is 4. The quantitative estimate of drug-likeness (QED) is 0.854. The molecule has 0 aliphatic carbocycles. The van der Waals surface area contributed by atoms with Gasteiger partial charge in [0.2, 0.25) is 0 Å². The molecule has 116 valence electrons. The van der Waals surface area contributed by atoms with E-state index in [0.29, 0.717) is 11.3 Å². The standard InChI is InChI=1S/C16H26N4O/c1-4-7-19-8-10-20(11-9-19)16(21)13-5-6-15(18(2)3)14(17)12-13/h5-6,12H,4,7-11,17H2,1-3H3. The highest BCUT2D eigenvalue weighted by Crippen LogP contribution is 2.23. The average Bonchev–Trinajstić information content (AvgIpc) is 2.47. The molecule has 5 heteroatoms. The van der Waals surface area contributed by atoms with Gasteiger partial charge in [-0.3, -0.25) is 9.69 Å². The predicted octanol–water partition coefficient (Wildman–Crippen LogP) is 1.50. The molecule has 0 aromatic heterocycles. The summed E-state index contributed by atoms with van der Waals surface area (Å²) < 4.78 is 0. The number of benzene rings is 1. The predicted molar refractivity (Wildman–Crippen MR) is 87.8 cm³/mol. The molecule has 0 atom stereocenters. The fourth-order valence-corrected chi connectivity index (χ4v) is 2.77. The van der Waals surface area contributed by atoms with Gasteiger partial charge in [-0.25, -0.2) is 0 Å². The molecular weight excluding hydrogens is 264 g/mol. The summed E-state index contributed by atoms with van der Waals surface area (Å²) in [6.07, 6.45) is 1.16. The molecule has 0 radical (unpaired) electrons. The molecule has 1 aliphatic heterocycles. The normalized spacial score (nSPS) is 16.0. The molecule has 1 aromatic carbocycles. The third-order valence-electron chi connectivity index (χ3n) is 3.96. The Kier molecular flexibility index (Phi) is 5.07. The lowest BCUT2D eigenvalue weighted by molar-refractivity contribution is 0.0637. The van der Waals surface area contributed by atoms with Crippen LogP contribution < -0.4 is 10.6 Å². The maximum atomic E-state index is 12.5. The highest BCUT2D eigenvalue weighted by Gasteiger charge is 2.22. The van der Waals surface area contributed by atoms with E-state index in [1.807, 2.05) is 36.0 Å². The van der Waals surface area contributed by atoms with Crippen LogP contribution in [0.1, 0.15) is 23.7 Å². The van der Waals surface area contributed by atoms with Gasteiger partial charge in [0.15, 0.2) is 0 Å². The number of piperazine rings is 1. The van der Waals surface area contributed by atoms with Gasteiger partial charge in [0, 0.05) is 45.8 Å². The van der Waals surface area contributed by atoms with E-state index < -0.39 is 0 Å². The second kappa shape index (κ2) is 6.80. The molecule has 0 bridgehead atoms. The molecule has 5 nitrogen and oxygen atoms in total. The van der Waals surface area contributed by atoms with Crippen molar-refractivity contribution in [2.24, 2.45) is 0 Å². The molecule has 1 heterocycles. The zero-order valence-electron chi connectivity index (χ0n) is 13.3. The van der Waals surface area contributed by atoms with Gasteiger partial charge >= 0.3 is 0 Å². The largest absolute Gasteiger partial charge is 0.397 e. The second-order valence-electron chi connectivity index (χ2n) is 5.80. The van der Waals surface area contributed by atoms with Gasteiger partial charge in [-0.15, -0.1) is 0 Å². The minimum Gasteiger partial charge on any atom is -0.397 e. The maximum Gasteiger partial charge on any atom is 0.254 e. The van der Waals surface area contributed by atoms with E-state index in [9.17, 15) is 4.79 Å². The number of carbonyl (C=O) groups is 1. The Morgan fingerprint density at radius 3 is 2.43 bits per heavy atom. The van der Waals surface area contributed by atoms with Crippen LogP contribution in [-0.2, 0) is 0 Å². The highest BCUT2D eigenvalue weighted by molar-refractivity contribution is 5.96. The van der Waals surface area contributed by atoms with Gasteiger partial charge in [-0.2, -0.15) is 0 Å². The van der Waals surface area contributed by atoms with Crippen molar-refractivity contribution in [3.63, 3.8) is 0 Å². The van der Waals surface area contributed by atoms with Crippen molar-refractivity contribution in [3.8, 4) is 0 Å². The van der Waals surface area contributed by atoms with Crippen molar-refractivity contribution in [2.45, 2.75) is 13.3 Å². The smallest absolute Gasteiger partial charge is 0.254 e. The van der Waals surface area contributed by atoms with E-state index in [0.717, 1.165) is 44.8 Å². The monoisotopic (exact) mass is 290 g/mol. The summed E-state index contributed by atoms with van der Waals surface area (Å²) in [6.45, 7) is 6.83. The summed E-state index contributed by atoms with van der Waals surface area (Å²) in [5, 5.41) is 0. The van der Waals surface area contributed by atoms with Crippen LogP contribution in [0.2, 0.25) is 0 Å². The van der Waals surface area contributed by atoms with Gasteiger partial charge < -0.3 is 15.5 Å². The zero-order chi connectivity index (χ0) is 15.4. The summed E-state index contributed by atoms with van der Waals surface area (Å²) >= 11 is 0. The molecule has 1 aromatic rings. The Balaban J connectivity index is 2.02. The molecule has 1 amide bonds. The SMILES string of the molecule is CCCN1CCN(C(=O)c2ccc(N(C)C)c(N)c2)CC1. The van der Waals surface area contributed by atoms with Crippen LogP contribution in [0.5, 0.6) is 0 Å². The third kappa shape index (κ3) is 3.67. The minimum atomic E-state index is 0.0863. The van der Waals surface area contributed by atoms with E-state index in [-0.39, 0.29) is 5.91 Å². The Hall–Kier alpha value is -1.75. The van der Waals surface area contributed by atoms with Crippen molar-refractivity contribution in [1.82, 2.24) is 9.80 Å². The third-order valence-corrected chi connectivity index (χ3v) is 3.96. The molecule has 0 unspecified atom stereocenters. The first-order chi connectivity index (χ1) is 10.0. The van der Waals surface area contributed by atoms with Crippen molar-refractivity contribution in [1.29, 1.82) is 0 Å². The first kappa shape index (κ1) is 15.6. The minimum absolute atomic E-state index is 0.0863. The van der Waals surface area contributed by atoms with Crippen LogP contribution in [0.15, 0.2) is 18.2 Å². The number of anilines is 2. The highest BCUT2D eigenvalue weighted by atomic mass is 16.2. The summed E-state index contributed by atoms with van der Waals surface area (Å²) in [6, 6.07) is 5.57. The molecule has 1 fully saturated rings. The first-order valence-corrected chi connectivity index (χ1v) is 7.61. The van der Waals surface area contributed by atoms with E-state index in [1.165, 1.54) is 0 Å². The Bertz CT molecular complexity index is 493. The maximum absolute atomic E-state index is 12.5. The van der Waals surface area contributed by atoms with Gasteiger partial charge in [-0.05, 0) is 31.2 Å². The topological polar surface area (TPSA) is 52.8 Å². The van der Waals surface area contributed by atoms with Crippen LogP contribution in [-0.4, -0.2) is 62.5 Å². The lowest BCUT2D eigenvalue weighted by Crippen LogP contribution is -2.48. The Morgan fingerprint density at radius 2 is 1.90 bits per heavy atom. The van der Waals surface area contributed by atoms with E-state index in [1.54, 1.807) is 6.07 Å². The molecule has 0 saturated carbocycles. The molecule has 2 N–H and O–H groups in total. The molecule has 1 aliphatic rings. The van der Waals surface area contributed by atoms with Gasteiger partial charge in [-0.1, -0.05) is 6.92 Å². The van der Waals surface area contributed by atoms with Gasteiger partial charge in [0.05, 0.1) is 11.4 Å². The molecular formula is C16H26N4O. The van der Waals surface area contributed by atoms with Crippen molar-refractivity contribution in [2.75, 3.05) is 57.5 Å². The van der Waals surface area contributed by atoms with Crippen LogP contribution in [0.4, 0.5) is 11.4 Å². The van der Waals surface area contributed by atoms with Crippen LogP contribution in [0, 0.1) is 0 Å². The van der Waals surface area contributed by atoms with E-state index in [2.05, 4.69) is 11.8 Å². The van der Waals surface area contributed by atoms with Crippen molar-refractivity contribution in [3.05, 3.63) is 23.8 Å². The lowest BCUT2D eigenvalue weighted by atomic mass is 10.1. The number of nitrogens with two attached hydrogens (primary N) is 1. The van der Waals surface area contributed by atoms with Gasteiger partial charge in [0.25, 0.3) is 5.91 Å². The van der Waals surface area contributed by atoms with E-state index >= 15 is 0 Å². The van der Waals surface area contributed by atoms with Gasteiger partial charge in [0.1, 0.15) is 0 Å². The Morgan fingerprint density at radius 1 is 1.24 bits per heavy atom. The van der Waals surface area contributed by atoms with Crippen LogP contribution in [0.25, 0.3) is 0 Å². The summed E-state index contributed by atoms with van der Waals surface area (Å²) in [5.74, 6) is 0.0863. The summed E-state index contributed by atoms with van der Waals surface area (Å²) in [5.41, 5.74) is 8.31.